The molecule has 0 aliphatic heterocycles. The molecule has 0 fully saturated rings. The van der Waals surface area contributed by atoms with Gasteiger partial charge in [-0.2, -0.15) is 0 Å². The van der Waals surface area contributed by atoms with E-state index in [0.29, 0.717) is 20.8 Å². The summed E-state index contributed by atoms with van der Waals surface area (Å²) in [7, 11) is 0. The molecule has 1 N–H and O–H groups in total. The van der Waals surface area contributed by atoms with Gasteiger partial charge in [0.1, 0.15) is 0 Å². The third kappa shape index (κ3) is 1.61. The molecule has 0 amide bonds. The number of hydrogen-bond acceptors (Lipinski definition) is 1. The van der Waals surface area contributed by atoms with Gasteiger partial charge in [-0.15, -0.1) is 0 Å². The molecule has 1 heterocycles. The van der Waals surface area contributed by atoms with Crippen LogP contribution in [0.4, 0.5) is 0 Å². The van der Waals surface area contributed by atoms with Crippen molar-refractivity contribution in [2.24, 2.45) is 0 Å². The number of aryl methyl sites for hydroxylation is 1. The van der Waals surface area contributed by atoms with Gasteiger partial charge in [-0.05, 0) is 18.6 Å². The average Bonchev–Trinajstić information content (AvgIpc) is 2.52. The summed E-state index contributed by atoms with van der Waals surface area (Å²) < 4.78 is 0. The highest BCUT2D eigenvalue weighted by Crippen LogP contribution is 2.39. The molecule has 2 rings (SSSR count). The van der Waals surface area contributed by atoms with Gasteiger partial charge in [-0.25, -0.2) is 0 Å². The zero-order valence-corrected chi connectivity index (χ0v) is 10.9. The number of nitrogens with one attached hydrogen (secondary N) is 1. The number of H-pyrrole nitrogens is 1. The number of carbonyl (C=O) groups is 1. The molecule has 84 valence electrons. The summed E-state index contributed by atoms with van der Waals surface area (Å²) in [5.41, 5.74) is 2.06. The lowest BCUT2D eigenvalue weighted by Gasteiger charge is -2.01. The van der Waals surface area contributed by atoms with Gasteiger partial charge in [0.2, 0.25) is 0 Å². The number of fused-ring (bicyclic) bond motifs is 1. The van der Waals surface area contributed by atoms with Crippen LogP contribution in [0.3, 0.4) is 0 Å². The molecule has 0 bridgehead atoms. The summed E-state index contributed by atoms with van der Waals surface area (Å²) in [6.45, 7) is 3.32. The second-order valence-corrected chi connectivity index (χ2v) is 4.75. The van der Waals surface area contributed by atoms with Crippen LogP contribution in [0.2, 0.25) is 15.1 Å². The number of carbonyl (C=O) groups excluding carboxylic acids is 1. The molecule has 0 atom stereocenters. The fraction of sp³-hybridized carbons (Fsp3) is 0.182. The number of Topliss-reactive ketones (excluding diaryl/α,β-unsaturated/α-hetero) is 1. The fourth-order valence-electron chi connectivity index (χ4n) is 1.77. The van der Waals surface area contributed by atoms with Gasteiger partial charge in [0.15, 0.2) is 5.78 Å². The number of halogens is 3. The van der Waals surface area contributed by atoms with Crippen molar-refractivity contribution in [2.45, 2.75) is 13.8 Å². The zero-order chi connectivity index (χ0) is 12.0. The minimum atomic E-state index is -0.0444. The number of aromatic amines is 1. The minimum absolute atomic E-state index is 0.0444. The summed E-state index contributed by atoms with van der Waals surface area (Å²) >= 11 is 18.0. The quantitative estimate of drug-likeness (QED) is 0.597. The van der Waals surface area contributed by atoms with Crippen molar-refractivity contribution in [1.82, 2.24) is 4.98 Å². The monoisotopic (exact) mass is 275 g/mol. The standard InChI is InChI=1S/C11H8Cl3NO/c1-4-8-7(15-11(4)5(2)16)3-6(12)9(13)10(8)14/h3,15H,1-2H3. The number of ketones is 1. The van der Waals surface area contributed by atoms with Gasteiger partial charge in [0, 0.05) is 17.8 Å². The summed E-state index contributed by atoms with van der Waals surface area (Å²) in [4.78, 5) is 14.4. The maximum Gasteiger partial charge on any atom is 0.176 e. The van der Waals surface area contributed by atoms with E-state index in [1.54, 1.807) is 6.07 Å². The van der Waals surface area contributed by atoms with Crippen molar-refractivity contribution in [3.8, 4) is 0 Å². The maximum atomic E-state index is 11.4. The summed E-state index contributed by atoms with van der Waals surface area (Å²) in [5.74, 6) is -0.0444. The molecule has 0 aliphatic rings. The molecule has 0 spiro atoms. The molecule has 5 heteroatoms. The van der Waals surface area contributed by atoms with Gasteiger partial charge in [-0.1, -0.05) is 34.8 Å². The molecule has 1 aromatic carbocycles. The third-order valence-corrected chi connectivity index (χ3v) is 3.79. The van der Waals surface area contributed by atoms with Crippen molar-refractivity contribution in [2.75, 3.05) is 0 Å². The van der Waals surface area contributed by atoms with Crippen molar-refractivity contribution < 1.29 is 4.79 Å². The van der Waals surface area contributed by atoms with Crippen LogP contribution in [-0.4, -0.2) is 10.8 Å². The normalized spacial score (nSPS) is 11.1. The van der Waals surface area contributed by atoms with Crippen LogP contribution in [-0.2, 0) is 0 Å². The van der Waals surface area contributed by atoms with E-state index in [9.17, 15) is 4.79 Å². The Bertz CT molecular complexity index is 601. The highest BCUT2D eigenvalue weighted by Gasteiger charge is 2.17. The highest BCUT2D eigenvalue weighted by molar-refractivity contribution is 6.50. The third-order valence-electron chi connectivity index (χ3n) is 2.52. The Labute approximate surface area is 107 Å². The molecule has 16 heavy (non-hydrogen) atoms. The van der Waals surface area contributed by atoms with E-state index in [-0.39, 0.29) is 5.78 Å². The Balaban J connectivity index is 2.93. The first-order valence-corrected chi connectivity index (χ1v) is 5.73. The lowest BCUT2D eigenvalue weighted by Crippen LogP contribution is -1.93. The second kappa shape index (κ2) is 3.95. The molecule has 0 saturated carbocycles. The van der Waals surface area contributed by atoms with Crippen molar-refractivity contribution in [1.29, 1.82) is 0 Å². The van der Waals surface area contributed by atoms with Crippen LogP contribution in [0, 0.1) is 6.92 Å². The van der Waals surface area contributed by atoms with E-state index < -0.39 is 0 Å². The number of aromatic nitrogens is 1. The first-order chi connectivity index (χ1) is 7.43. The van der Waals surface area contributed by atoms with Crippen molar-refractivity contribution in [3.05, 3.63) is 32.4 Å². The first-order valence-electron chi connectivity index (χ1n) is 4.60. The molecular weight excluding hydrogens is 268 g/mol. The van der Waals surface area contributed by atoms with Crippen LogP contribution in [0.25, 0.3) is 10.9 Å². The Morgan fingerprint density at radius 2 is 1.88 bits per heavy atom. The van der Waals surface area contributed by atoms with Crippen LogP contribution in [0.15, 0.2) is 6.07 Å². The highest BCUT2D eigenvalue weighted by atomic mass is 35.5. The molecule has 0 unspecified atom stereocenters. The Hall–Kier alpha value is -0.700. The van der Waals surface area contributed by atoms with Gasteiger partial charge in [-0.3, -0.25) is 4.79 Å². The van der Waals surface area contributed by atoms with E-state index in [1.807, 2.05) is 6.92 Å². The smallest absolute Gasteiger partial charge is 0.176 e. The second-order valence-electron chi connectivity index (χ2n) is 3.59. The fourth-order valence-corrected chi connectivity index (χ4v) is 2.51. The molecule has 0 saturated heterocycles. The predicted molar refractivity (Wildman–Crippen MR) is 68.1 cm³/mol. The van der Waals surface area contributed by atoms with Crippen LogP contribution in [0.1, 0.15) is 23.0 Å². The van der Waals surface area contributed by atoms with Crippen molar-refractivity contribution in [3.63, 3.8) is 0 Å². The van der Waals surface area contributed by atoms with E-state index in [1.165, 1.54) is 6.92 Å². The predicted octanol–water partition coefficient (Wildman–Crippen LogP) is 4.64. The number of rotatable bonds is 1. The van der Waals surface area contributed by atoms with Gasteiger partial charge >= 0.3 is 0 Å². The van der Waals surface area contributed by atoms with Gasteiger partial charge in [0.25, 0.3) is 0 Å². The van der Waals surface area contributed by atoms with E-state index in [2.05, 4.69) is 4.98 Å². The lowest BCUT2D eigenvalue weighted by atomic mass is 10.1. The van der Waals surface area contributed by atoms with E-state index in [4.69, 9.17) is 34.8 Å². The molecule has 0 radical (unpaired) electrons. The summed E-state index contributed by atoms with van der Waals surface area (Å²) in [6.07, 6.45) is 0. The zero-order valence-electron chi connectivity index (χ0n) is 8.62. The largest absolute Gasteiger partial charge is 0.352 e. The minimum Gasteiger partial charge on any atom is -0.352 e. The molecular formula is C11H8Cl3NO. The lowest BCUT2D eigenvalue weighted by molar-refractivity contribution is 0.101. The SMILES string of the molecule is CC(=O)c1[nH]c2cc(Cl)c(Cl)c(Cl)c2c1C. The summed E-state index contributed by atoms with van der Waals surface area (Å²) in [6, 6.07) is 1.67. The van der Waals surface area contributed by atoms with E-state index >= 15 is 0 Å². The Morgan fingerprint density at radius 1 is 1.25 bits per heavy atom. The van der Waals surface area contributed by atoms with E-state index in [0.717, 1.165) is 16.5 Å². The van der Waals surface area contributed by atoms with Crippen LogP contribution >= 0.6 is 34.8 Å². The average molecular weight is 277 g/mol. The maximum absolute atomic E-state index is 11.4. The topological polar surface area (TPSA) is 32.9 Å². The Morgan fingerprint density at radius 3 is 2.44 bits per heavy atom. The number of benzene rings is 1. The molecule has 2 aromatic rings. The molecule has 1 aromatic heterocycles. The van der Waals surface area contributed by atoms with Gasteiger partial charge < -0.3 is 4.98 Å². The number of hydrogen-bond donors (Lipinski definition) is 1. The first kappa shape index (κ1) is 11.8. The Kier molecular flexibility index (Phi) is 2.91. The van der Waals surface area contributed by atoms with Crippen LogP contribution < -0.4 is 0 Å². The van der Waals surface area contributed by atoms with Crippen LogP contribution in [0.5, 0.6) is 0 Å². The van der Waals surface area contributed by atoms with Crippen molar-refractivity contribution >= 4 is 51.5 Å². The summed E-state index contributed by atoms with van der Waals surface area (Å²) in [5, 5.41) is 1.82. The molecule has 0 aliphatic carbocycles. The van der Waals surface area contributed by atoms with Gasteiger partial charge in [0.05, 0.1) is 20.8 Å². The molecule has 2 nitrogen and oxygen atoms in total.